The Morgan fingerprint density at radius 1 is 1.20 bits per heavy atom. The smallest absolute Gasteiger partial charge is 0.311 e. The van der Waals surface area contributed by atoms with Crippen molar-refractivity contribution in [2.75, 3.05) is 13.2 Å². The molecule has 0 saturated heterocycles. The Bertz CT molecular complexity index is 206. The SMILES string of the molecule is CCC(C)(C)C(=O)OCCO[Si](C)(C)C. The predicted molar refractivity (Wildman–Crippen MR) is 64.3 cm³/mol. The van der Waals surface area contributed by atoms with Crippen molar-refractivity contribution in [2.45, 2.75) is 46.8 Å². The topological polar surface area (TPSA) is 35.5 Å². The van der Waals surface area contributed by atoms with Gasteiger partial charge in [0.2, 0.25) is 0 Å². The maximum Gasteiger partial charge on any atom is 0.311 e. The van der Waals surface area contributed by atoms with Crippen LogP contribution in [-0.2, 0) is 14.0 Å². The van der Waals surface area contributed by atoms with Crippen molar-refractivity contribution in [2.24, 2.45) is 5.41 Å². The van der Waals surface area contributed by atoms with Crippen LogP contribution >= 0.6 is 0 Å². The van der Waals surface area contributed by atoms with Crippen LogP contribution in [0.1, 0.15) is 27.2 Å². The van der Waals surface area contributed by atoms with Crippen LogP contribution in [-0.4, -0.2) is 27.5 Å². The molecule has 0 aromatic carbocycles. The summed E-state index contributed by atoms with van der Waals surface area (Å²) in [5.74, 6) is -0.135. The lowest BCUT2D eigenvalue weighted by atomic mass is 9.91. The lowest BCUT2D eigenvalue weighted by molar-refractivity contribution is -0.154. The van der Waals surface area contributed by atoms with Gasteiger partial charge in [0.05, 0.1) is 12.0 Å². The fourth-order valence-corrected chi connectivity index (χ4v) is 1.52. The van der Waals surface area contributed by atoms with Gasteiger partial charge in [0.15, 0.2) is 8.32 Å². The van der Waals surface area contributed by atoms with Gasteiger partial charge in [-0.1, -0.05) is 6.92 Å². The molecule has 0 heterocycles. The van der Waals surface area contributed by atoms with Gasteiger partial charge in [-0.05, 0) is 39.9 Å². The van der Waals surface area contributed by atoms with Crippen LogP contribution < -0.4 is 0 Å². The molecule has 0 radical (unpaired) electrons. The number of ether oxygens (including phenoxy) is 1. The highest BCUT2D eigenvalue weighted by Crippen LogP contribution is 2.21. The van der Waals surface area contributed by atoms with E-state index in [1.54, 1.807) is 0 Å². The van der Waals surface area contributed by atoms with Gasteiger partial charge in [0.1, 0.15) is 6.61 Å². The summed E-state index contributed by atoms with van der Waals surface area (Å²) in [4.78, 5) is 11.6. The average molecular weight is 232 g/mol. The molecule has 0 rings (SSSR count). The zero-order valence-electron chi connectivity index (χ0n) is 10.8. The van der Waals surface area contributed by atoms with Gasteiger partial charge >= 0.3 is 5.97 Å². The highest BCUT2D eigenvalue weighted by Gasteiger charge is 2.26. The Morgan fingerprint density at radius 3 is 2.13 bits per heavy atom. The van der Waals surface area contributed by atoms with Crippen molar-refractivity contribution >= 4 is 14.3 Å². The minimum absolute atomic E-state index is 0.135. The summed E-state index contributed by atoms with van der Waals surface area (Å²) in [7, 11) is -1.47. The molecule has 0 spiro atoms. The Balaban J connectivity index is 3.74. The van der Waals surface area contributed by atoms with Crippen LogP contribution in [0, 0.1) is 5.41 Å². The molecule has 0 fully saturated rings. The minimum atomic E-state index is -1.47. The summed E-state index contributed by atoms with van der Waals surface area (Å²) < 4.78 is 10.7. The van der Waals surface area contributed by atoms with E-state index in [2.05, 4.69) is 19.6 Å². The van der Waals surface area contributed by atoms with Crippen molar-refractivity contribution in [3.63, 3.8) is 0 Å². The van der Waals surface area contributed by atoms with Crippen LogP contribution in [0.15, 0.2) is 0 Å². The zero-order valence-corrected chi connectivity index (χ0v) is 11.8. The quantitative estimate of drug-likeness (QED) is 0.401. The fourth-order valence-electron chi connectivity index (χ4n) is 0.822. The number of esters is 1. The first-order valence-corrected chi connectivity index (χ1v) is 8.91. The summed E-state index contributed by atoms with van der Waals surface area (Å²) >= 11 is 0. The van der Waals surface area contributed by atoms with E-state index in [0.29, 0.717) is 13.2 Å². The second-order valence-corrected chi connectivity index (χ2v) is 9.85. The second-order valence-electron chi connectivity index (χ2n) is 5.33. The first kappa shape index (κ1) is 14.6. The lowest BCUT2D eigenvalue weighted by Crippen LogP contribution is -2.30. The molecule has 0 aliphatic heterocycles. The number of carbonyl (C=O) groups is 1. The molecule has 0 aliphatic carbocycles. The van der Waals surface area contributed by atoms with Crippen LogP contribution in [0.4, 0.5) is 0 Å². The van der Waals surface area contributed by atoms with Gasteiger partial charge in [-0.15, -0.1) is 0 Å². The van der Waals surface area contributed by atoms with Crippen molar-refractivity contribution in [1.82, 2.24) is 0 Å². The van der Waals surface area contributed by atoms with E-state index in [1.807, 2.05) is 20.8 Å². The molecule has 0 aliphatic rings. The maximum absolute atomic E-state index is 11.6. The Labute approximate surface area is 94.3 Å². The summed E-state index contributed by atoms with van der Waals surface area (Å²) in [5.41, 5.74) is -0.376. The van der Waals surface area contributed by atoms with Crippen molar-refractivity contribution in [3.8, 4) is 0 Å². The molecule has 0 atom stereocenters. The fraction of sp³-hybridized carbons (Fsp3) is 0.909. The van der Waals surface area contributed by atoms with E-state index in [0.717, 1.165) is 6.42 Å². The number of carbonyl (C=O) groups excluding carboxylic acids is 1. The molecule has 0 amide bonds. The predicted octanol–water partition coefficient (Wildman–Crippen LogP) is 2.82. The molecule has 0 N–H and O–H groups in total. The largest absolute Gasteiger partial charge is 0.463 e. The Kier molecular flexibility index (Phi) is 5.52. The van der Waals surface area contributed by atoms with E-state index in [1.165, 1.54) is 0 Å². The normalized spacial score (nSPS) is 12.7. The molecule has 90 valence electrons. The van der Waals surface area contributed by atoms with Crippen LogP contribution in [0.25, 0.3) is 0 Å². The molecule has 0 unspecified atom stereocenters. The van der Waals surface area contributed by atoms with Crippen molar-refractivity contribution in [1.29, 1.82) is 0 Å². The third kappa shape index (κ3) is 6.68. The van der Waals surface area contributed by atoms with Crippen LogP contribution in [0.2, 0.25) is 19.6 Å². The first-order valence-electron chi connectivity index (χ1n) is 5.50. The number of hydrogen-bond donors (Lipinski definition) is 0. The monoisotopic (exact) mass is 232 g/mol. The van der Waals surface area contributed by atoms with Crippen molar-refractivity contribution < 1.29 is 14.0 Å². The molecule has 0 aromatic heterocycles. The summed E-state index contributed by atoms with van der Waals surface area (Å²) in [5, 5.41) is 0. The third-order valence-corrected chi connectivity index (χ3v) is 3.36. The molecular formula is C11H24O3Si. The number of rotatable bonds is 6. The van der Waals surface area contributed by atoms with Gasteiger partial charge in [-0.25, -0.2) is 0 Å². The van der Waals surface area contributed by atoms with Crippen LogP contribution in [0.3, 0.4) is 0 Å². The van der Waals surface area contributed by atoms with Gasteiger partial charge in [0.25, 0.3) is 0 Å². The molecule has 0 bridgehead atoms. The van der Waals surface area contributed by atoms with E-state index in [-0.39, 0.29) is 11.4 Å². The van der Waals surface area contributed by atoms with E-state index >= 15 is 0 Å². The van der Waals surface area contributed by atoms with Crippen LogP contribution in [0.5, 0.6) is 0 Å². The Morgan fingerprint density at radius 2 is 1.73 bits per heavy atom. The van der Waals surface area contributed by atoms with E-state index < -0.39 is 8.32 Å². The van der Waals surface area contributed by atoms with Gasteiger partial charge < -0.3 is 9.16 Å². The summed E-state index contributed by atoms with van der Waals surface area (Å²) in [6.07, 6.45) is 0.792. The van der Waals surface area contributed by atoms with Gasteiger partial charge in [0, 0.05) is 0 Å². The summed E-state index contributed by atoms with van der Waals surface area (Å²) in [6, 6.07) is 0. The molecule has 15 heavy (non-hydrogen) atoms. The molecule has 4 heteroatoms. The summed E-state index contributed by atoms with van der Waals surface area (Å²) in [6.45, 7) is 13.0. The zero-order chi connectivity index (χ0) is 12.1. The van der Waals surface area contributed by atoms with Crippen molar-refractivity contribution in [3.05, 3.63) is 0 Å². The molecule has 0 saturated carbocycles. The highest BCUT2D eigenvalue weighted by atomic mass is 28.4. The molecular weight excluding hydrogens is 208 g/mol. The second kappa shape index (κ2) is 5.65. The standard InChI is InChI=1S/C11H24O3Si/c1-7-11(2,3)10(12)13-8-9-14-15(4,5)6/h7-9H2,1-6H3. The van der Waals surface area contributed by atoms with Gasteiger partial charge in [-0.2, -0.15) is 0 Å². The maximum atomic E-state index is 11.6. The lowest BCUT2D eigenvalue weighted by Gasteiger charge is -2.21. The molecule has 3 nitrogen and oxygen atoms in total. The Hall–Kier alpha value is -0.353. The average Bonchev–Trinajstić information content (AvgIpc) is 2.10. The highest BCUT2D eigenvalue weighted by molar-refractivity contribution is 6.69. The third-order valence-electron chi connectivity index (χ3n) is 2.29. The van der Waals surface area contributed by atoms with Gasteiger partial charge in [-0.3, -0.25) is 4.79 Å². The number of hydrogen-bond acceptors (Lipinski definition) is 3. The first-order chi connectivity index (χ1) is 6.69. The molecule has 0 aromatic rings. The van der Waals surface area contributed by atoms with E-state index in [4.69, 9.17) is 9.16 Å². The minimum Gasteiger partial charge on any atom is -0.463 e. The van der Waals surface area contributed by atoms with E-state index in [9.17, 15) is 4.79 Å².